The SMILES string of the molecule is NCc1coc(-c2cc3c(s2)CCC3)n1. The van der Waals surface area contributed by atoms with E-state index in [9.17, 15) is 0 Å². The number of nitrogens with zero attached hydrogens (tertiary/aromatic N) is 1. The van der Waals surface area contributed by atoms with E-state index >= 15 is 0 Å². The number of aryl methyl sites for hydroxylation is 2. The van der Waals surface area contributed by atoms with Crippen LogP contribution in [0, 0.1) is 0 Å². The summed E-state index contributed by atoms with van der Waals surface area (Å²) in [6.07, 6.45) is 5.35. The van der Waals surface area contributed by atoms with Gasteiger partial charge in [-0.15, -0.1) is 11.3 Å². The first-order valence-electron chi connectivity index (χ1n) is 5.13. The second kappa shape index (κ2) is 3.47. The van der Waals surface area contributed by atoms with Crippen molar-refractivity contribution in [3.05, 3.63) is 28.5 Å². The summed E-state index contributed by atoms with van der Waals surface area (Å²) in [4.78, 5) is 6.97. The van der Waals surface area contributed by atoms with Crippen LogP contribution in [0.5, 0.6) is 0 Å². The average molecular weight is 220 g/mol. The Labute approximate surface area is 91.9 Å². The zero-order valence-electron chi connectivity index (χ0n) is 8.32. The summed E-state index contributed by atoms with van der Waals surface area (Å²) in [7, 11) is 0. The highest BCUT2D eigenvalue weighted by Crippen LogP contribution is 2.35. The summed E-state index contributed by atoms with van der Waals surface area (Å²) >= 11 is 1.80. The van der Waals surface area contributed by atoms with E-state index in [1.165, 1.54) is 29.7 Å². The Bertz CT molecular complexity index is 465. The summed E-state index contributed by atoms with van der Waals surface area (Å²) < 4.78 is 5.40. The Hall–Kier alpha value is -1.13. The number of thiophene rings is 1. The number of hydrogen-bond acceptors (Lipinski definition) is 4. The highest BCUT2D eigenvalue weighted by Gasteiger charge is 2.17. The van der Waals surface area contributed by atoms with Gasteiger partial charge in [0.05, 0.1) is 10.6 Å². The van der Waals surface area contributed by atoms with Crippen LogP contribution in [0.2, 0.25) is 0 Å². The molecule has 2 aromatic rings. The first kappa shape index (κ1) is 9.12. The van der Waals surface area contributed by atoms with Gasteiger partial charge in [-0.25, -0.2) is 4.98 Å². The first-order valence-corrected chi connectivity index (χ1v) is 5.95. The van der Waals surface area contributed by atoms with Crippen molar-refractivity contribution in [3.63, 3.8) is 0 Å². The molecule has 0 spiro atoms. The smallest absolute Gasteiger partial charge is 0.236 e. The van der Waals surface area contributed by atoms with Gasteiger partial charge in [0.15, 0.2) is 0 Å². The minimum atomic E-state index is 0.439. The lowest BCUT2D eigenvalue weighted by atomic mass is 10.2. The quantitative estimate of drug-likeness (QED) is 0.845. The van der Waals surface area contributed by atoms with Crippen LogP contribution in [0.1, 0.15) is 22.6 Å². The van der Waals surface area contributed by atoms with Gasteiger partial charge < -0.3 is 10.2 Å². The van der Waals surface area contributed by atoms with Gasteiger partial charge in [0.2, 0.25) is 5.89 Å². The molecule has 0 unspecified atom stereocenters. The fourth-order valence-electron chi connectivity index (χ4n) is 1.95. The number of aromatic nitrogens is 1. The second-order valence-electron chi connectivity index (χ2n) is 3.76. The van der Waals surface area contributed by atoms with Crippen molar-refractivity contribution in [1.82, 2.24) is 4.98 Å². The van der Waals surface area contributed by atoms with Gasteiger partial charge in [-0.05, 0) is 30.9 Å². The maximum absolute atomic E-state index is 5.49. The number of hydrogen-bond donors (Lipinski definition) is 1. The maximum Gasteiger partial charge on any atom is 0.236 e. The summed E-state index contributed by atoms with van der Waals surface area (Å²) in [5.74, 6) is 0.717. The topological polar surface area (TPSA) is 52.0 Å². The van der Waals surface area contributed by atoms with Crippen LogP contribution in [-0.2, 0) is 19.4 Å². The molecule has 0 amide bonds. The van der Waals surface area contributed by atoms with Gasteiger partial charge in [0, 0.05) is 11.4 Å². The fourth-order valence-corrected chi connectivity index (χ4v) is 3.13. The predicted molar refractivity (Wildman–Crippen MR) is 59.7 cm³/mol. The lowest BCUT2D eigenvalue weighted by Crippen LogP contribution is -1.95. The minimum Gasteiger partial charge on any atom is -0.444 e. The predicted octanol–water partition coefficient (Wildman–Crippen LogP) is 2.35. The van der Waals surface area contributed by atoms with Crippen LogP contribution >= 0.6 is 11.3 Å². The molecular weight excluding hydrogens is 208 g/mol. The largest absolute Gasteiger partial charge is 0.444 e. The molecule has 3 rings (SSSR count). The van der Waals surface area contributed by atoms with Gasteiger partial charge in [-0.2, -0.15) is 0 Å². The number of nitrogens with two attached hydrogens (primary N) is 1. The van der Waals surface area contributed by atoms with Gasteiger partial charge in [-0.1, -0.05) is 0 Å². The Morgan fingerprint density at radius 3 is 3.13 bits per heavy atom. The fraction of sp³-hybridized carbons (Fsp3) is 0.364. The van der Waals surface area contributed by atoms with E-state index < -0.39 is 0 Å². The van der Waals surface area contributed by atoms with Crippen LogP contribution < -0.4 is 5.73 Å². The molecule has 0 saturated carbocycles. The van der Waals surface area contributed by atoms with Gasteiger partial charge in [-0.3, -0.25) is 0 Å². The monoisotopic (exact) mass is 220 g/mol. The molecule has 0 fully saturated rings. The van der Waals surface area contributed by atoms with Crippen molar-refractivity contribution >= 4 is 11.3 Å². The molecule has 0 aliphatic heterocycles. The third-order valence-corrected chi connectivity index (χ3v) is 3.94. The molecule has 2 aromatic heterocycles. The van der Waals surface area contributed by atoms with Gasteiger partial charge in [0.25, 0.3) is 0 Å². The van der Waals surface area contributed by atoms with Crippen molar-refractivity contribution in [2.24, 2.45) is 5.73 Å². The molecule has 0 radical (unpaired) electrons. The molecule has 0 atom stereocenters. The van der Waals surface area contributed by atoms with E-state index in [4.69, 9.17) is 10.2 Å². The lowest BCUT2D eigenvalue weighted by molar-refractivity contribution is 0.574. The molecular formula is C11H12N2OS. The summed E-state index contributed by atoms with van der Waals surface area (Å²) in [6, 6.07) is 2.21. The van der Waals surface area contributed by atoms with Gasteiger partial charge in [0.1, 0.15) is 6.26 Å². The van der Waals surface area contributed by atoms with E-state index in [-0.39, 0.29) is 0 Å². The highest BCUT2D eigenvalue weighted by atomic mass is 32.1. The third-order valence-electron chi connectivity index (χ3n) is 2.72. The Kier molecular flexibility index (Phi) is 2.11. The van der Waals surface area contributed by atoms with Crippen LogP contribution in [-0.4, -0.2) is 4.98 Å². The number of rotatable bonds is 2. The van der Waals surface area contributed by atoms with Crippen LogP contribution in [0.3, 0.4) is 0 Å². The summed E-state index contributed by atoms with van der Waals surface area (Å²) in [5.41, 5.74) is 7.79. The van der Waals surface area contributed by atoms with Gasteiger partial charge >= 0.3 is 0 Å². The molecule has 0 aromatic carbocycles. The first-order chi connectivity index (χ1) is 7.36. The van der Waals surface area contributed by atoms with Crippen molar-refractivity contribution < 1.29 is 4.42 Å². The summed E-state index contributed by atoms with van der Waals surface area (Å²) in [5, 5.41) is 0. The molecule has 1 aliphatic carbocycles. The van der Waals surface area contributed by atoms with Crippen LogP contribution in [0.15, 0.2) is 16.7 Å². The van der Waals surface area contributed by atoms with Crippen molar-refractivity contribution in [2.75, 3.05) is 0 Å². The lowest BCUT2D eigenvalue weighted by Gasteiger charge is -1.88. The molecule has 78 valence electrons. The average Bonchev–Trinajstić information content (AvgIpc) is 2.91. The third kappa shape index (κ3) is 1.50. The Morgan fingerprint density at radius 2 is 2.40 bits per heavy atom. The molecule has 1 aliphatic rings. The molecule has 3 nitrogen and oxygen atoms in total. The molecule has 2 N–H and O–H groups in total. The Balaban J connectivity index is 1.98. The van der Waals surface area contributed by atoms with Crippen molar-refractivity contribution in [1.29, 1.82) is 0 Å². The Morgan fingerprint density at radius 1 is 1.47 bits per heavy atom. The molecule has 2 heterocycles. The number of oxazole rings is 1. The number of fused-ring (bicyclic) bond motifs is 1. The van der Waals surface area contributed by atoms with Crippen LogP contribution in [0.4, 0.5) is 0 Å². The minimum absolute atomic E-state index is 0.439. The van der Waals surface area contributed by atoms with Crippen LogP contribution in [0.25, 0.3) is 10.8 Å². The molecule has 4 heteroatoms. The van der Waals surface area contributed by atoms with E-state index in [2.05, 4.69) is 11.1 Å². The second-order valence-corrected chi connectivity index (χ2v) is 4.90. The zero-order valence-corrected chi connectivity index (χ0v) is 9.14. The standard InChI is InChI=1S/C11H12N2OS/c12-5-8-6-14-11(13-8)10-4-7-2-1-3-9(7)15-10/h4,6H,1-3,5,12H2. The highest BCUT2D eigenvalue weighted by molar-refractivity contribution is 7.15. The zero-order chi connectivity index (χ0) is 10.3. The summed E-state index contributed by atoms with van der Waals surface area (Å²) in [6.45, 7) is 0.439. The van der Waals surface area contributed by atoms with E-state index in [1.54, 1.807) is 17.6 Å². The van der Waals surface area contributed by atoms with E-state index in [0.29, 0.717) is 6.54 Å². The van der Waals surface area contributed by atoms with E-state index in [1.807, 2.05) is 0 Å². The maximum atomic E-state index is 5.49. The molecule has 15 heavy (non-hydrogen) atoms. The molecule has 0 bridgehead atoms. The molecule has 0 saturated heterocycles. The normalized spacial score (nSPS) is 14.5. The van der Waals surface area contributed by atoms with Crippen molar-refractivity contribution in [3.8, 4) is 10.8 Å². The van der Waals surface area contributed by atoms with E-state index in [0.717, 1.165) is 16.5 Å². The van der Waals surface area contributed by atoms with Crippen molar-refractivity contribution in [2.45, 2.75) is 25.8 Å².